The number of nitrogens with zero attached hydrogens (tertiary/aromatic N) is 3. The van der Waals surface area contributed by atoms with E-state index >= 15 is 0 Å². The quantitative estimate of drug-likeness (QED) is 0.871. The highest BCUT2D eigenvalue weighted by Crippen LogP contribution is 2.12. The molecule has 1 aromatic carbocycles. The van der Waals surface area contributed by atoms with Crippen LogP contribution in [0.5, 0.6) is 0 Å². The summed E-state index contributed by atoms with van der Waals surface area (Å²) in [6, 6.07) is 12.5. The molecule has 1 fully saturated rings. The number of rotatable bonds is 3. The topological polar surface area (TPSA) is 36.4 Å². The zero-order chi connectivity index (χ0) is 16.9. The predicted octanol–water partition coefficient (Wildman–Crippen LogP) is 3.05. The second kappa shape index (κ2) is 7.58. The molecule has 2 aromatic rings. The van der Waals surface area contributed by atoms with E-state index in [4.69, 9.17) is 0 Å². The van der Waals surface area contributed by atoms with Crippen LogP contribution < -0.4 is 0 Å². The highest BCUT2D eigenvalue weighted by atomic mass is 16.2. The molecule has 3 rings (SSSR count). The molecule has 1 amide bonds. The Morgan fingerprint density at radius 3 is 2.50 bits per heavy atom. The first-order valence-corrected chi connectivity index (χ1v) is 8.61. The van der Waals surface area contributed by atoms with Crippen LogP contribution in [0.4, 0.5) is 0 Å². The number of hydrogen-bond donors (Lipinski definition) is 0. The van der Waals surface area contributed by atoms with Crippen LogP contribution in [0, 0.1) is 13.8 Å². The van der Waals surface area contributed by atoms with Crippen LogP contribution in [0.2, 0.25) is 0 Å². The first-order chi connectivity index (χ1) is 11.6. The number of aromatic nitrogens is 1. The van der Waals surface area contributed by atoms with Crippen LogP contribution in [0.25, 0.3) is 0 Å². The molecule has 1 aliphatic rings. The zero-order valence-corrected chi connectivity index (χ0v) is 14.5. The van der Waals surface area contributed by atoms with E-state index in [1.807, 2.05) is 24.0 Å². The number of benzene rings is 1. The van der Waals surface area contributed by atoms with E-state index in [2.05, 4.69) is 41.1 Å². The number of carbonyl (C=O) groups is 1. The molecular weight excluding hydrogens is 298 g/mol. The lowest BCUT2D eigenvalue weighted by atomic mass is 10.1. The average Bonchev–Trinajstić information content (AvgIpc) is 2.83. The van der Waals surface area contributed by atoms with E-state index in [0.29, 0.717) is 5.56 Å². The van der Waals surface area contributed by atoms with E-state index in [-0.39, 0.29) is 5.91 Å². The van der Waals surface area contributed by atoms with E-state index in [0.717, 1.165) is 44.8 Å². The van der Waals surface area contributed by atoms with Crippen LogP contribution in [0.3, 0.4) is 0 Å². The van der Waals surface area contributed by atoms with Gasteiger partial charge in [-0.15, -0.1) is 0 Å². The Hall–Kier alpha value is -2.20. The monoisotopic (exact) mass is 323 g/mol. The summed E-state index contributed by atoms with van der Waals surface area (Å²) in [6.45, 7) is 8.54. The summed E-state index contributed by atoms with van der Waals surface area (Å²) in [6.07, 6.45) is 2.70. The fourth-order valence-electron chi connectivity index (χ4n) is 3.06. The Balaban J connectivity index is 1.59. The molecule has 0 atom stereocenters. The van der Waals surface area contributed by atoms with Gasteiger partial charge in [-0.05, 0) is 38.0 Å². The molecule has 0 bridgehead atoms. The summed E-state index contributed by atoms with van der Waals surface area (Å²) in [4.78, 5) is 21.3. The largest absolute Gasteiger partial charge is 0.337 e. The van der Waals surface area contributed by atoms with Crippen LogP contribution in [-0.2, 0) is 6.54 Å². The maximum Gasteiger partial charge on any atom is 0.255 e. The van der Waals surface area contributed by atoms with E-state index in [1.165, 1.54) is 11.1 Å². The molecule has 24 heavy (non-hydrogen) atoms. The molecule has 0 N–H and O–H groups in total. The fraction of sp³-hybridized carbons (Fsp3) is 0.400. The van der Waals surface area contributed by atoms with Crippen molar-refractivity contribution in [2.75, 3.05) is 26.2 Å². The predicted molar refractivity (Wildman–Crippen MR) is 96.0 cm³/mol. The molecule has 1 saturated heterocycles. The highest BCUT2D eigenvalue weighted by Gasteiger charge is 2.20. The van der Waals surface area contributed by atoms with Gasteiger partial charge in [0, 0.05) is 44.6 Å². The van der Waals surface area contributed by atoms with Gasteiger partial charge in [-0.1, -0.05) is 29.8 Å². The number of carbonyl (C=O) groups excluding carboxylic acids is 1. The molecule has 0 spiro atoms. The first kappa shape index (κ1) is 16.7. The first-order valence-electron chi connectivity index (χ1n) is 8.61. The van der Waals surface area contributed by atoms with Crippen molar-refractivity contribution in [3.05, 3.63) is 65.0 Å². The third kappa shape index (κ3) is 4.20. The van der Waals surface area contributed by atoms with Crippen LogP contribution in [-0.4, -0.2) is 46.9 Å². The maximum absolute atomic E-state index is 12.6. The lowest BCUT2D eigenvalue weighted by Gasteiger charge is -2.22. The summed E-state index contributed by atoms with van der Waals surface area (Å²) < 4.78 is 0. The summed E-state index contributed by atoms with van der Waals surface area (Å²) in [7, 11) is 0. The molecule has 0 radical (unpaired) electrons. The van der Waals surface area contributed by atoms with Gasteiger partial charge in [0.15, 0.2) is 0 Å². The van der Waals surface area contributed by atoms with Crippen molar-refractivity contribution in [3.63, 3.8) is 0 Å². The Bertz CT molecular complexity index is 679. The van der Waals surface area contributed by atoms with Crippen molar-refractivity contribution in [2.45, 2.75) is 26.8 Å². The number of amides is 1. The minimum Gasteiger partial charge on any atom is -0.337 e. The molecule has 1 aromatic heterocycles. The van der Waals surface area contributed by atoms with Gasteiger partial charge in [0.2, 0.25) is 0 Å². The maximum atomic E-state index is 12.6. The standard InChI is InChI=1S/C20H25N3O/c1-16-4-7-18(8-5-16)15-22-10-3-11-23(13-12-22)20(24)19-9-6-17(2)21-14-19/h4-9,14H,3,10-13,15H2,1-2H3. The van der Waals surface area contributed by atoms with Crippen LogP contribution in [0.15, 0.2) is 42.6 Å². The lowest BCUT2D eigenvalue weighted by Crippen LogP contribution is -2.35. The fourth-order valence-corrected chi connectivity index (χ4v) is 3.06. The van der Waals surface area contributed by atoms with E-state index in [1.54, 1.807) is 6.20 Å². The second-order valence-electron chi connectivity index (χ2n) is 6.60. The van der Waals surface area contributed by atoms with Gasteiger partial charge in [0.25, 0.3) is 5.91 Å². The number of pyridine rings is 1. The Kier molecular flexibility index (Phi) is 5.26. The molecule has 126 valence electrons. The Morgan fingerprint density at radius 2 is 1.79 bits per heavy atom. The molecule has 4 heteroatoms. The van der Waals surface area contributed by atoms with Crippen molar-refractivity contribution in [3.8, 4) is 0 Å². The molecule has 1 aliphatic heterocycles. The van der Waals surface area contributed by atoms with Crippen molar-refractivity contribution >= 4 is 5.91 Å². The molecule has 2 heterocycles. The van der Waals surface area contributed by atoms with Gasteiger partial charge in [0.1, 0.15) is 0 Å². The molecular formula is C20H25N3O. The summed E-state index contributed by atoms with van der Waals surface area (Å²) >= 11 is 0. The average molecular weight is 323 g/mol. The summed E-state index contributed by atoms with van der Waals surface area (Å²) in [5.74, 6) is 0.0969. The van der Waals surface area contributed by atoms with E-state index < -0.39 is 0 Å². The Morgan fingerprint density at radius 1 is 1.00 bits per heavy atom. The van der Waals surface area contributed by atoms with E-state index in [9.17, 15) is 4.79 Å². The minimum absolute atomic E-state index is 0.0969. The SMILES string of the molecule is Cc1ccc(CN2CCCN(C(=O)c3ccc(C)nc3)CC2)cc1. The van der Waals surface area contributed by atoms with Crippen molar-refractivity contribution in [1.82, 2.24) is 14.8 Å². The van der Waals surface area contributed by atoms with Gasteiger partial charge >= 0.3 is 0 Å². The van der Waals surface area contributed by atoms with Gasteiger partial charge in [-0.25, -0.2) is 0 Å². The van der Waals surface area contributed by atoms with Gasteiger partial charge < -0.3 is 4.90 Å². The number of aryl methyl sites for hydroxylation is 2. The zero-order valence-electron chi connectivity index (χ0n) is 14.5. The highest BCUT2D eigenvalue weighted by molar-refractivity contribution is 5.93. The number of hydrogen-bond acceptors (Lipinski definition) is 3. The van der Waals surface area contributed by atoms with Crippen molar-refractivity contribution in [2.24, 2.45) is 0 Å². The lowest BCUT2D eigenvalue weighted by molar-refractivity contribution is 0.0760. The molecule has 0 aliphatic carbocycles. The molecule has 4 nitrogen and oxygen atoms in total. The Labute approximate surface area is 144 Å². The second-order valence-corrected chi connectivity index (χ2v) is 6.60. The minimum atomic E-state index is 0.0969. The summed E-state index contributed by atoms with van der Waals surface area (Å²) in [5.41, 5.74) is 4.25. The van der Waals surface area contributed by atoms with Crippen LogP contribution >= 0.6 is 0 Å². The smallest absolute Gasteiger partial charge is 0.255 e. The van der Waals surface area contributed by atoms with Gasteiger partial charge in [-0.3, -0.25) is 14.7 Å². The van der Waals surface area contributed by atoms with Gasteiger partial charge in [0.05, 0.1) is 5.56 Å². The third-order valence-electron chi connectivity index (χ3n) is 4.56. The van der Waals surface area contributed by atoms with Gasteiger partial charge in [-0.2, -0.15) is 0 Å². The normalized spacial score (nSPS) is 16.0. The molecule has 0 unspecified atom stereocenters. The third-order valence-corrected chi connectivity index (χ3v) is 4.56. The van der Waals surface area contributed by atoms with Crippen molar-refractivity contribution in [1.29, 1.82) is 0 Å². The van der Waals surface area contributed by atoms with Crippen molar-refractivity contribution < 1.29 is 4.79 Å². The molecule has 0 saturated carbocycles. The van der Waals surface area contributed by atoms with Crippen LogP contribution in [0.1, 0.15) is 33.6 Å². The summed E-state index contributed by atoms with van der Waals surface area (Å²) in [5, 5.41) is 0.